The van der Waals surface area contributed by atoms with Gasteiger partial charge in [0.25, 0.3) is 0 Å². The first-order valence-corrected chi connectivity index (χ1v) is 10.2. The van der Waals surface area contributed by atoms with E-state index >= 15 is 0 Å². The number of carbonyl (C=O) groups excluding carboxylic acids is 1. The number of aromatic nitrogens is 2. The molecule has 2 saturated heterocycles. The number of likely N-dealkylation sites (tertiary alicyclic amines) is 1. The zero-order valence-electron chi connectivity index (χ0n) is 16.8. The number of imidazole rings is 1. The summed E-state index contributed by atoms with van der Waals surface area (Å²) in [7, 11) is 1.89. The Morgan fingerprint density at radius 3 is 2.34 bits per heavy atom. The monoisotopic (exact) mass is 401 g/mol. The lowest BCUT2D eigenvalue weighted by Crippen LogP contribution is -2.53. The molecule has 3 heterocycles. The van der Waals surface area contributed by atoms with Gasteiger partial charge in [0.1, 0.15) is 17.2 Å². The zero-order valence-corrected chi connectivity index (χ0v) is 16.8. The fourth-order valence-corrected chi connectivity index (χ4v) is 4.28. The van der Waals surface area contributed by atoms with Gasteiger partial charge in [-0.25, -0.2) is 9.37 Å². The molecule has 1 aromatic carbocycles. The van der Waals surface area contributed by atoms with Gasteiger partial charge in [0.2, 0.25) is 5.91 Å². The summed E-state index contributed by atoms with van der Waals surface area (Å²) in [6, 6.07) is 6.50. The Kier molecular flexibility index (Phi) is 5.56. The molecule has 0 unspecified atom stereocenters. The Bertz CT molecular complexity index is 837. The standard InChI is InChI=1S/C21H28FN5O2/c1-24-11-8-23-20(24)21(29)6-9-25(10-7-21)16-19(28)27-14-12-26(13-15-27)18-4-2-17(22)3-5-18/h2-5,8,11,29H,6-7,9-10,12-16H2,1H3. The fourth-order valence-electron chi connectivity index (χ4n) is 4.28. The first-order chi connectivity index (χ1) is 13.9. The van der Waals surface area contributed by atoms with Crippen molar-refractivity contribution in [2.45, 2.75) is 18.4 Å². The quantitative estimate of drug-likeness (QED) is 0.834. The highest BCUT2D eigenvalue weighted by Crippen LogP contribution is 2.31. The molecule has 2 aliphatic heterocycles. The van der Waals surface area contributed by atoms with Crippen molar-refractivity contribution in [1.82, 2.24) is 19.4 Å². The van der Waals surface area contributed by atoms with Crippen molar-refractivity contribution >= 4 is 11.6 Å². The Morgan fingerprint density at radius 2 is 1.76 bits per heavy atom. The van der Waals surface area contributed by atoms with E-state index in [1.54, 1.807) is 18.3 Å². The Balaban J connectivity index is 1.26. The molecule has 4 rings (SSSR count). The molecule has 2 aromatic rings. The maximum Gasteiger partial charge on any atom is 0.236 e. The van der Waals surface area contributed by atoms with Crippen LogP contribution in [0.15, 0.2) is 36.7 Å². The molecule has 1 aromatic heterocycles. The predicted molar refractivity (Wildman–Crippen MR) is 108 cm³/mol. The van der Waals surface area contributed by atoms with E-state index in [-0.39, 0.29) is 11.7 Å². The number of hydrogen-bond acceptors (Lipinski definition) is 5. The first-order valence-electron chi connectivity index (χ1n) is 10.2. The Labute approximate surface area is 170 Å². The van der Waals surface area contributed by atoms with Crippen molar-refractivity contribution in [2.75, 3.05) is 50.7 Å². The molecule has 1 amide bonds. The molecule has 2 fully saturated rings. The van der Waals surface area contributed by atoms with Crippen LogP contribution >= 0.6 is 0 Å². The molecule has 1 N–H and O–H groups in total. The molecular weight excluding hydrogens is 373 g/mol. The number of piperazine rings is 1. The van der Waals surface area contributed by atoms with Crippen LogP contribution in [0.1, 0.15) is 18.7 Å². The molecule has 0 aliphatic carbocycles. The summed E-state index contributed by atoms with van der Waals surface area (Å²) in [5.74, 6) is 0.588. The van der Waals surface area contributed by atoms with E-state index in [0.29, 0.717) is 51.4 Å². The van der Waals surface area contributed by atoms with E-state index in [1.165, 1.54) is 12.1 Å². The highest BCUT2D eigenvalue weighted by Gasteiger charge is 2.37. The molecule has 0 atom stereocenters. The summed E-state index contributed by atoms with van der Waals surface area (Å²) in [5, 5.41) is 10.9. The van der Waals surface area contributed by atoms with Crippen LogP contribution in [0.3, 0.4) is 0 Å². The third kappa shape index (κ3) is 4.28. The highest BCUT2D eigenvalue weighted by atomic mass is 19.1. The minimum atomic E-state index is -0.918. The number of hydrogen-bond donors (Lipinski definition) is 1. The SMILES string of the molecule is Cn1ccnc1C1(O)CCN(CC(=O)N2CCN(c3ccc(F)cc3)CC2)CC1. The smallest absolute Gasteiger partial charge is 0.236 e. The zero-order chi connectivity index (χ0) is 20.4. The minimum absolute atomic E-state index is 0.131. The Morgan fingerprint density at radius 1 is 1.10 bits per heavy atom. The van der Waals surface area contributed by atoms with E-state index in [9.17, 15) is 14.3 Å². The number of rotatable bonds is 4. The van der Waals surface area contributed by atoms with E-state index in [2.05, 4.69) is 14.8 Å². The number of carbonyl (C=O) groups is 1. The molecule has 0 bridgehead atoms. The summed E-state index contributed by atoms with van der Waals surface area (Å²) in [6.07, 6.45) is 4.69. The van der Waals surface area contributed by atoms with Gasteiger partial charge in [-0.1, -0.05) is 0 Å². The van der Waals surface area contributed by atoms with E-state index in [1.807, 2.05) is 22.7 Å². The van der Waals surface area contributed by atoms with Crippen LogP contribution in [0.25, 0.3) is 0 Å². The second-order valence-corrected chi connectivity index (χ2v) is 8.01. The van der Waals surface area contributed by atoms with Crippen LogP contribution in [-0.2, 0) is 17.4 Å². The summed E-state index contributed by atoms with van der Waals surface area (Å²) < 4.78 is 15.0. The molecule has 0 radical (unpaired) electrons. The van der Waals surface area contributed by atoms with E-state index < -0.39 is 5.60 Å². The second-order valence-electron chi connectivity index (χ2n) is 8.01. The maximum absolute atomic E-state index is 13.1. The third-order valence-corrected chi connectivity index (χ3v) is 6.10. The lowest BCUT2D eigenvalue weighted by Gasteiger charge is -2.39. The van der Waals surface area contributed by atoms with Crippen molar-refractivity contribution in [2.24, 2.45) is 7.05 Å². The van der Waals surface area contributed by atoms with Crippen LogP contribution < -0.4 is 4.90 Å². The van der Waals surface area contributed by atoms with Crippen LogP contribution in [0.4, 0.5) is 10.1 Å². The lowest BCUT2D eigenvalue weighted by molar-refractivity contribution is -0.134. The van der Waals surface area contributed by atoms with Crippen LogP contribution in [0.2, 0.25) is 0 Å². The van der Waals surface area contributed by atoms with Crippen LogP contribution in [0, 0.1) is 5.82 Å². The van der Waals surface area contributed by atoms with E-state index in [0.717, 1.165) is 18.8 Å². The molecule has 156 valence electrons. The topological polar surface area (TPSA) is 64.8 Å². The number of anilines is 1. The number of piperidine rings is 1. The maximum atomic E-state index is 13.1. The molecule has 2 aliphatic rings. The third-order valence-electron chi connectivity index (χ3n) is 6.10. The van der Waals surface area contributed by atoms with Gasteiger partial charge in [0.15, 0.2) is 0 Å². The van der Waals surface area contributed by atoms with Gasteiger partial charge in [-0.3, -0.25) is 9.69 Å². The first kappa shape index (κ1) is 19.8. The van der Waals surface area contributed by atoms with Crippen LogP contribution in [-0.4, -0.2) is 76.2 Å². The number of nitrogens with zero attached hydrogens (tertiary/aromatic N) is 5. The molecule has 29 heavy (non-hydrogen) atoms. The average Bonchev–Trinajstić information content (AvgIpc) is 3.17. The Hall–Kier alpha value is -2.45. The normalized spacial score (nSPS) is 20.1. The number of benzene rings is 1. The number of amides is 1. The summed E-state index contributed by atoms with van der Waals surface area (Å²) in [6.45, 7) is 4.55. The van der Waals surface area contributed by atoms with Gasteiger partial charge in [-0.2, -0.15) is 0 Å². The molecule has 0 spiro atoms. The number of aliphatic hydroxyl groups is 1. The second kappa shape index (κ2) is 8.12. The van der Waals surface area contributed by atoms with Gasteiger partial charge >= 0.3 is 0 Å². The average molecular weight is 401 g/mol. The summed E-state index contributed by atoms with van der Waals surface area (Å²) >= 11 is 0. The van der Waals surface area contributed by atoms with Crippen molar-refractivity contribution in [3.8, 4) is 0 Å². The van der Waals surface area contributed by atoms with Gasteiger partial charge in [-0.05, 0) is 37.1 Å². The van der Waals surface area contributed by atoms with Gasteiger partial charge in [0.05, 0.1) is 6.54 Å². The fraction of sp³-hybridized carbons (Fsp3) is 0.524. The molecule has 7 nitrogen and oxygen atoms in total. The van der Waals surface area contributed by atoms with Crippen molar-refractivity contribution in [3.05, 3.63) is 48.3 Å². The molecule has 0 saturated carbocycles. The number of halogens is 1. The summed E-state index contributed by atoms with van der Waals surface area (Å²) in [5.41, 5.74) is 0.0709. The van der Waals surface area contributed by atoms with Crippen LogP contribution in [0.5, 0.6) is 0 Å². The van der Waals surface area contributed by atoms with Gasteiger partial charge in [-0.15, -0.1) is 0 Å². The van der Waals surface area contributed by atoms with Crippen molar-refractivity contribution < 1.29 is 14.3 Å². The van der Waals surface area contributed by atoms with Crippen molar-refractivity contribution in [3.63, 3.8) is 0 Å². The molecular formula is C21H28FN5O2. The largest absolute Gasteiger partial charge is 0.382 e. The molecule has 8 heteroatoms. The highest BCUT2D eigenvalue weighted by molar-refractivity contribution is 5.78. The van der Waals surface area contributed by atoms with Crippen molar-refractivity contribution in [1.29, 1.82) is 0 Å². The minimum Gasteiger partial charge on any atom is -0.382 e. The number of aryl methyl sites for hydroxylation is 1. The predicted octanol–water partition coefficient (Wildman–Crippen LogP) is 1.19. The van der Waals surface area contributed by atoms with E-state index in [4.69, 9.17) is 0 Å². The van der Waals surface area contributed by atoms with Gasteiger partial charge in [0, 0.05) is 64.4 Å². The summed E-state index contributed by atoms with van der Waals surface area (Å²) in [4.78, 5) is 23.2. The van der Waals surface area contributed by atoms with Gasteiger partial charge < -0.3 is 19.5 Å². The lowest BCUT2D eigenvalue weighted by atomic mass is 9.90.